The Balaban J connectivity index is 1.41. The van der Waals surface area contributed by atoms with Gasteiger partial charge in [0.05, 0.1) is 38.4 Å². The molecule has 5 aliphatic carbocycles. The maximum absolute atomic E-state index is 13.5. The number of aliphatic carboxylic acids is 1. The summed E-state index contributed by atoms with van der Waals surface area (Å²) in [5, 5.41) is 21.7. The molecule has 5 rings (SSSR count). The summed E-state index contributed by atoms with van der Waals surface area (Å²) in [6.07, 6.45) is 9.51. The van der Waals surface area contributed by atoms with Gasteiger partial charge in [0, 0.05) is 19.6 Å². The number of hydrogen-bond acceptors (Lipinski definition) is 8. The van der Waals surface area contributed by atoms with E-state index in [2.05, 4.69) is 47.6 Å². The smallest absolute Gasteiger partial charge is 0.363 e. The monoisotopic (exact) mass is 662 g/mol. The molecule has 0 heterocycles. The van der Waals surface area contributed by atoms with Crippen molar-refractivity contribution in [2.75, 3.05) is 47.3 Å². The molecule has 2 N–H and O–H groups in total. The van der Waals surface area contributed by atoms with Crippen LogP contribution in [0.5, 0.6) is 0 Å². The predicted molar refractivity (Wildman–Crippen MR) is 177 cm³/mol. The molecular formula is C38H62O9. The van der Waals surface area contributed by atoms with Crippen LogP contribution in [-0.4, -0.2) is 81.8 Å². The van der Waals surface area contributed by atoms with Crippen LogP contribution in [0.1, 0.15) is 106 Å². The molecule has 0 radical (unpaired) electrons. The van der Waals surface area contributed by atoms with Gasteiger partial charge < -0.3 is 33.9 Å². The topological polar surface area (TPSA) is 121 Å². The average Bonchev–Trinajstić information content (AvgIpc) is 3.01. The van der Waals surface area contributed by atoms with Gasteiger partial charge in [0.25, 0.3) is 6.29 Å². The largest absolute Gasteiger partial charge is 0.481 e. The number of carbonyl (C=O) groups is 2. The van der Waals surface area contributed by atoms with E-state index in [9.17, 15) is 19.8 Å². The summed E-state index contributed by atoms with van der Waals surface area (Å²) in [5.74, 6) is -0.578. The van der Waals surface area contributed by atoms with Crippen molar-refractivity contribution >= 4 is 11.9 Å². The first-order valence-electron chi connectivity index (χ1n) is 18.0. The number of carboxylic acid groups (broad SMARTS) is 1. The second-order valence-electron chi connectivity index (χ2n) is 17.4. The van der Waals surface area contributed by atoms with E-state index in [4.69, 9.17) is 23.7 Å². The van der Waals surface area contributed by atoms with Crippen LogP contribution >= 0.6 is 0 Å². The zero-order valence-corrected chi connectivity index (χ0v) is 30.3. The van der Waals surface area contributed by atoms with Gasteiger partial charge in [-0.15, -0.1) is 0 Å². The standard InChI is InChI=1S/C38H62O9/c1-33(2)15-17-38(32(41)42)18-16-36(5)25(26(38)23-33)9-10-28-34(3)13-12-29(35(4,24-39)27(34)11-14-37(28,36)6)47-30(40)31(45-21-19-43-7)46-22-20-44-8/h9,26-29,31,39H,10-24H2,1-8H3,(H,41,42)/t26-,27+,28+,29-,34-,35-,36+,37+,38-/m0/s1. The van der Waals surface area contributed by atoms with E-state index in [-0.39, 0.29) is 53.3 Å². The molecule has 9 heteroatoms. The highest BCUT2D eigenvalue weighted by Crippen LogP contribution is 2.75. The number of rotatable bonds is 12. The van der Waals surface area contributed by atoms with Crippen LogP contribution in [0.4, 0.5) is 0 Å². The number of allylic oxidation sites excluding steroid dienone is 2. The molecule has 9 atom stereocenters. The minimum absolute atomic E-state index is 0.00391. The van der Waals surface area contributed by atoms with Gasteiger partial charge in [0.2, 0.25) is 0 Å². The van der Waals surface area contributed by atoms with Gasteiger partial charge in [0.1, 0.15) is 6.10 Å². The van der Waals surface area contributed by atoms with Crippen LogP contribution in [0.15, 0.2) is 11.6 Å². The Labute approximate surface area is 282 Å². The fraction of sp³-hybridized carbons (Fsp3) is 0.895. The molecule has 47 heavy (non-hydrogen) atoms. The molecule has 0 aromatic heterocycles. The first-order chi connectivity index (χ1) is 22.1. The minimum Gasteiger partial charge on any atom is -0.481 e. The number of hydrogen-bond donors (Lipinski definition) is 2. The Bertz CT molecular complexity index is 1190. The number of aliphatic hydroxyl groups is 1. The third kappa shape index (κ3) is 5.92. The zero-order chi connectivity index (χ0) is 34.5. The van der Waals surface area contributed by atoms with Gasteiger partial charge >= 0.3 is 11.9 Å². The van der Waals surface area contributed by atoms with Gasteiger partial charge in [-0.1, -0.05) is 53.2 Å². The normalized spacial score (nSPS) is 42.4. The summed E-state index contributed by atoms with van der Waals surface area (Å²) >= 11 is 0. The fourth-order valence-electron chi connectivity index (χ4n) is 11.7. The van der Waals surface area contributed by atoms with E-state index in [1.807, 2.05) is 0 Å². The highest BCUT2D eigenvalue weighted by Gasteiger charge is 2.70. The SMILES string of the molecule is COCCOC(OCCOC)C(=O)O[C@H]1CC[C@@]2(C)[C@@H](CC[C@]3(C)[C@@H]2CC=C2[C@@H]4CC(C)(C)CC[C@]4(C(=O)O)CC[C@]23C)[C@]1(C)CO. The Hall–Kier alpha value is -1.52. The van der Waals surface area contributed by atoms with E-state index in [0.717, 1.165) is 57.8 Å². The first kappa shape index (κ1) is 36.8. The van der Waals surface area contributed by atoms with Crippen molar-refractivity contribution in [3.63, 3.8) is 0 Å². The molecular weight excluding hydrogens is 600 g/mol. The molecule has 0 aromatic carbocycles. The molecule has 0 bridgehead atoms. The third-order valence-electron chi connectivity index (χ3n) is 14.7. The quantitative estimate of drug-likeness (QED) is 0.106. The lowest BCUT2D eigenvalue weighted by Gasteiger charge is -2.71. The lowest BCUT2D eigenvalue weighted by Crippen LogP contribution is -2.66. The van der Waals surface area contributed by atoms with Crippen molar-refractivity contribution in [3.8, 4) is 0 Å². The fourth-order valence-corrected chi connectivity index (χ4v) is 11.7. The Kier molecular flexibility index (Phi) is 10.4. The average molecular weight is 663 g/mol. The van der Waals surface area contributed by atoms with Gasteiger partial charge in [-0.05, 0) is 104 Å². The maximum atomic E-state index is 13.5. The molecule has 4 saturated carbocycles. The second kappa shape index (κ2) is 13.3. The van der Waals surface area contributed by atoms with E-state index < -0.39 is 35.2 Å². The number of esters is 1. The van der Waals surface area contributed by atoms with E-state index in [1.54, 1.807) is 14.2 Å². The van der Waals surface area contributed by atoms with Crippen LogP contribution in [0, 0.1) is 50.2 Å². The number of fused-ring (bicyclic) bond motifs is 7. The molecule has 0 unspecified atom stereocenters. The summed E-state index contributed by atoms with van der Waals surface area (Å²) in [6, 6.07) is 0. The summed E-state index contributed by atoms with van der Waals surface area (Å²) < 4.78 is 27.8. The Morgan fingerprint density at radius 1 is 0.851 bits per heavy atom. The lowest BCUT2D eigenvalue weighted by atomic mass is 9.33. The van der Waals surface area contributed by atoms with Gasteiger partial charge in [0.15, 0.2) is 0 Å². The Morgan fingerprint density at radius 3 is 2.09 bits per heavy atom. The summed E-state index contributed by atoms with van der Waals surface area (Å²) in [5.41, 5.74) is 0.120. The van der Waals surface area contributed by atoms with Crippen LogP contribution in [0.25, 0.3) is 0 Å². The van der Waals surface area contributed by atoms with Crippen molar-refractivity contribution in [1.29, 1.82) is 0 Å². The summed E-state index contributed by atoms with van der Waals surface area (Å²) in [6.45, 7) is 15.0. The Morgan fingerprint density at radius 2 is 1.49 bits per heavy atom. The van der Waals surface area contributed by atoms with Crippen molar-refractivity contribution in [1.82, 2.24) is 0 Å². The highest BCUT2D eigenvalue weighted by molar-refractivity contribution is 5.76. The molecule has 0 saturated heterocycles. The molecule has 0 aromatic rings. The van der Waals surface area contributed by atoms with Crippen molar-refractivity contribution in [3.05, 3.63) is 11.6 Å². The molecule has 268 valence electrons. The molecule has 9 nitrogen and oxygen atoms in total. The molecule has 4 fully saturated rings. The van der Waals surface area contributed by atoms with E-state index in [1.165, 1.54) is 5.57 Å². The van der Waals surface area contributed by atoms with Gasteiger partial charge in [-0.25, -0.2) is 4.79 Å². The predicted octanol–water partition coefficient (Wildman–Crippen LogP) is 6.41. The summed E-state index contributed by atoms with van der Waals surface area (Å²) in [7, 11) is 3.14. The molecule has 0 amide bonds. The van der Waals surface area contributed by atoms with E-state index in [0.29, 0.717) is 25.6 Å². The van der Waals surface area contributed by atoms with Crippen LogP contribution < -0.4 is 0 Å². The third-order valence-corrected chi connectivity index (χ3v) is 14.7. The lowest BCUT2D eigenvalue weighted by molar-refractivity contribution is -0.238. The molecule has 5 aliphatic rings. The van der Waals surface area contributed by atoms with Crippen molar-refractivity contribution in [2.24, 2.45) is 50.2 Å². The van der Waals surface area contributed by atoms with E-state index >= 15 is 0 Å². The number of carbonyl (C=O) groups excluding carboxylic acids is 1. The minimum atomic E-state index is -1.19. The number of ether oxygens (including phenoxy) is 5. The summed E-state index contributed by atoms with van der Waals surface area (Å²) in [4.78, 5) is 26.4. The number of carboxylic acids is 1. The van der Waals surface area contributed by atoms with Crippen LogP contribution in [0.3, 0.4) is 0 Å². The first-order valence-corrected chi connectivity index (χ1v) is 18.0. The zero-order valence-electron chi connectivity index (χ0n) is 30.3. The van der Waals surface area contributed by atoms with Crippen molar-refractivity contribution < 1.29 is 43.5 Å². The number of aliphatic hydroxyl groups excluding tert-OH is 1. The van der Waals surface area contributed by atoms with Gasteiger partial charge in [-0.2, -0.15) is 0 Å². The molecule has 0 spiro atoms. The number of methoxy groups -OCH3 is 2. The van der Waals surface area contributed by atoms with Crippen LogP contribution in [0.2, 0.25) is 0 Å². The van der Waals surface area contributed by atoms with Crippen LogP contribution in [-0.2, 0) is 33.3 Å². The van der Waals surface area contributed by atoms with Crippen molar-refractivity contribution in [2.45, 2.75) is 118 Å². The molecule has 0 aliphatic heterocycles. The van der Waals surface area contributed by atoms with Gasteiger partial charge in [-0.3, -0.25) is 4.79 Å². The maximum Gasteiger partial charge on any atom is 0.363 e. The second-order valence-corrected chi connectivity index (χ2v) is 17.4. The highest BCUT2D eigenvalue weighted by atomic mass is 16.7.